The molecule has 168 valence electrons. The van der Waals surface area contributed by atoms with Crippen LogP contribution < -0.4 is 4.74 Å². The van der Waals surface area contributed by atoms with E-state index in [-0.39, 0.29) is 24.4 Å². The average Bonchev–Trinajstić information content (AvgIpc) is 3.52. The van der Waals surface area contributed by atoms with Gasteiger partial charge >= 0.3 is 0 Å². The van der Waals surface area contributed by atoms with Gasteiger partial charge < -0.3 is 19.3 Å². The highest BCUT2D eigenvalue weighted by atomic mass is 32.1. The molecule has 2 amide bonds. The minimum absolute atomic E-state index is 0.0153. The maximum atomic E-state index is 13.4. The van der Waals surface area contributed by atoms with Crippen molar-refractivity contribution < 1.29 is 19.1 Å². The molecular formula is C24H26N2O4S2. The van der Waals surface area contributed by atoms with Gasteiger partial charge in [0, 0.05) is 25.1 Å². The third-order valence-electron chi connectivity index (χ3n) is 5.48. The first kappa shape index (κ1) is 22.5. The molecule has 0 saturated heterocycles. The van der Waals surface area contributed by atoms with Gasteiger partial charge in [-0.2, -0.15) is 0 Å². The number of methoxy groups -OCH3 is 1. The van der Waals surface area contributed by atoms with Gasteiger partial charge in [0.25, 0.3) is 5.91 Å². The summed E-state index contributed by atoms with van der Waals surface area (Å²) in [5.41, 5.74) is 1.14. The van der Waals surface area contributed by atoms with Gasteiger partial charge in [0.1, 0.15) is 18.9 Å². The van der Waals surface area contributed by atoms with E-state index in [0.717, 1.165) is 17.7 Å². The quantitative estimate of drug-likeness (QED) is 0.472. The summed E-state index contributed by atoms with van der Waals surface area (Å²) in [4.78, 5) is 31.8. The topological polar surface area (TPSA) is 59.1 Å². The number of nitrogens with zero attached hydrogens (tertiary/aromatic N) is 2. The molecule has 0 radical (unpaired) electrons. The molecule has 0 saturated carbocycles. The summed E-state index contributed by atoms with van der Waals surface area (Å²) < 4.78 is 11.2. The molecule has 0 bridgehead atoms. The molecule has 0 N–H and O–H groups in total. The normalized spacial score (nSPS) is 15.3. The number of carbonyl (C=O) groups excluding carboxylic acids is 2. The summed E-state index contributed by atoms with van der Waals surface area (Å²) in [6, 6.07) is 15.2. The first-order chi connectivity index (χ1) is 15.7. The monoisotopic (exact) mass is 470 g/mol. The molecule has 2 aromatic heterocycles. The molecule has 0 aliphatic carbocycles. The third kappa shape index (κ3) is 5.20. The van der Waals surface area contributed by atoms with Gasteiger partial charge in [0.15, 0.2) is 0 Å². The van der Waals surface area contributed by atoms with Crippen molar-refractivity contribution in [2.45, 2.75) is 12.5 Å². The lowest BCUT2D eigenvalue weighted by molar-refractivity contribution is -0.135. The highest BCUT2D eigenvalue weighted by molar-refractivity contribution is 7.12. The molecule has 3 heterocycles. The Morgan fingerprint density at radius 2 is 1.94 bits per heavy atom. The van der Waals surface area contributed by atoms with Crippen LogP contribution in [0.25, 0.3) is 0 Å². The van der Waals surface area contributed by atoms with E-state index in [1.165, 1.54) is 16.2 Å². The van der Waals surface area contributed by atoms with Gasteiger partial charge in [-0.05, 0) is 47.0 Å². The van der Waals surface area contributed by atoms with Crippen molar-refractivity contribution >= 4 is 34.5 Å². The van der Waals surface area contributed by atoms with E-state index in [0.29, 0.717) is 31.2 Å². The van der Waals surface area contributed by atoms with Crippen LogP contribution in [0.5, 0.6) is 5.75 Å². The lowest BCUT2D eigenvalue weighted by Crippen LogP contribution is -2.48. The van der Waals surface area contributed by atoms with Crippen molar-refractivity contribution in [2.75, 3.05) is 40.0 Å². The van der Waals surface area contributed by atoms with Crippen molar-refractivity contribution in [3.63, 3.8) is 0 Å². The van der Waals surface area contributed by atoms with Crippen molar-refractivity contribution in [1.29, 1.82) is 0 Å². The summed E-state index contributed by atoms with van der Waals surface area (Å²) in [7, 11) is 1.59. The Labute approximate surface area is 196 Å². The Hall–Kier alpha value is -2.68. The number of thiophene rings is 2. The number of hydrogen-bond acceptors (Lipinski definition) is 6. The van der Waals surface area contributed by atoms with Gasteiger partial charge in [-0.3, -0.25) is 9.59 Å². The van der Waals surface area contributed by atoms with Crippen LogP contribution in [0.15, 0.2) is 59.3 Å². The maximum Gasteiger partial charge on any atom is 0.264 e. The molecule has 0 unspecified atom stereocenters. The number of amides is 2. The van der Waals surface area contributed by atoms with Crippen molar-refractivity contribution in [3.05, 3.63) is 74.6 Å². The second-order valence-electron chi connectivity index (χ2n) is 7.47. The van der Waals surface area contributed by atoms with Crippen LogP contribution in [0, 0.1) is 0 Å². The Morgan fingerprint density at radius 1 is 1.09 bits per heavy atom. The Bertz CT molecular complexity index is 1020. The number of carbonyl (C=O) groups is 2. The molecular weight excluding hydrogens is 444 g/mol. The van der Waals surface area contributed by atoms with E-state index in [1.54, 1.807) is 29.4 Å². The smallest absolute Gasteiger partial charge is 0.264 e. The SMILES string of the molecule is COCCN(CC(=O)N1CCc2sccc2[C@@H]1COc1ccccc1)C(=O)c1cccs1. The van der Waals surface area contributed by atoms with Crippen LogP contribution in [-0.2, 0) is 16.0 Å². The van der Waals surface area contributed by atoms with E-state index in [9.17, 15) is 9.59 Å². The molecule has 8 heteroatoms. The minimum Gasteiger partial charge on any atom is -0.491 e. The first-order valence-corrected chi connectivity index (χ1v) is 12.3. The predicted octanol–water partition coefficient (Wildman–Crippen LogP) is 4.10. The van der Waals surface area contributed by atoms with Crippen molar-refractivity contribution in [3.8, 4) is 5.75 Å². The van der Waals surface area contributed by atoms with E-state index in [1.807, 2.05) is 46.7 Å². The number of benzene rings is 1. The van der Waals surface area contributed by atoms with Crippen molar-refractivity contribution in [1.82, 2.24) is 9.80 Å². The van der Waals surface area contributed by atoms with Gasteiger partial charge in [-0.1, -0.05) is 24.3 Å². The zero-order chi connectivity index (χ0) is 22.3. The summed E-state index contributed by atoms with van der Waals surface area (Å²) in [5.74, 6) is 0.553. The summed E-state index contributed by atoms with van der Waals surface area (Å²) in [6.45, 7) is 1.74. The molecule has 4 rings (SSSR count). The minimum atomic E-state index is -0.182. The Balaban J connectivity index is 1.51. The molecule has 1 aliphatic heterocycles. The highest BCUT2D eigenvalue weighted by Crippen LogP contribution is 2.34. The molecule has 6 nitrogen and oxygen atoms in total. The standard InChI is InChI=1S/C24H26N2O4S2/c1-29-13-12-25(24(28)22-8-5-14-31-22)16-23(27)26-11-9-21-19(10-15-32-21)20(26)17-30-18-6-3-2-4-7-18/h2-8,10,14-15,20H,9,11-13,16-17H2,1H3/t20-/m0/s1. The van der Waals surface area contributed by atoms with E-state index in [4.69, 9.17) is 9.47 Å². The van der Waals surface area contributed by atoms with Gasteiger partial charge in [0.2, 0.25) is 5.91 Å². The van der Waals surface area contributed by atoms with Crippen LogP contribution in [-0.4, -0.2) is 61.6 Å². The summed E-state index contributed by atoms with van der Waals surface area (Å²) in [5, 5.41) is 3.93. The first-order valence-electron chi connectivity index (χ1n) is 10.5. The molecule has 0 fully saturated rings. The molecule has 3 aromatic rings. The largest absolute Gasteiger partial charge is 0.491 e. The molecule has 1 aliphatic rings. The number of hydrogen-bond donors (Lipinski definition) is 0. The zero-order valence-corrected chi connectivity index (χ0v) is 19.6. The molecule has 1 atom stereocenters. The van der Waals surface area contributed by atoms with Crippen molar-refractivity contribution in [2.24, 2.45) is 0 Å². The number of rotatable bonds is 9. The van der Waals surface area contributed by atoms with Crippen LogP contribution in [0.4, 0.5) is 0 Å². The molecule has 32 heavy (non-hydrogen) atoms. The second-order valence-corrected chi connectivity index (χ2v) is 9.42. The van der Waals surface area contributed by atoms with Crippen LogP contribution in [0.2, 0.25) is 0 Å². The lowest BCUT2D eigenvalue weighted by Gasteiger charge is -2.37. The summed E-state index contributed by atoms with van der Waals surface area (Å²) in [6.07, 6.45) is 0.817. The van der Waals surface area contributed by atoms with Crippen LogP contribution >= 0.6 is 22.7 Å². The third-order valence-corrected chi connectivity index (χ3v) is 7.33. The van der Waals surface area contributed by atoms with E-state index < -0.39 is 0 Å². The zero-order valence-electron chi connectivity index (χ0n) is 17.9. The van der Waals surface area contributed by atoms with Gasteiger partial charge in [-0.25, -0.2) is 0 Å². The van der Waals surface area contributed by atoms with Gasteiger partial charge in [0.05, 0.1) is 17.5 Å². The molecule has 1 aromatic carbocycles. The van der Waals surface area contributed by atoms with E-state index in [2.05, 4.69) is 11.4 Å². The Morgan fingerprint density at radius 3 is 2.69 bits per heavy atom. The number of para-hydroxylation sites is 1. The predicted molar refractivity (Wildman–Crippen MR) is 127 cm³/mol. The maximum absolute atomic E-state index is 13.4. The van der Waals surface area contributed by atoms with Crippen LogP contribution in [0.1, 0.15) is 26.2 Å². The number of ether oxygens (including phenoxy) is 2. The second kappa shape index (κ2) is 10.8. The molecule has 0 spiro atoms. The average molecular weight is 471 g/mol. The van der Waals surface area contributed by atoms with Crippen LogP contribution in [0.3, 0.4) is 0 Å². The summed E-state index contributed by atoms with van der Waals surface area (Å²) >= 11 is 3.10. The van der Waals surface area contributed by atoms with E-state index >= 15 is 0 Å². The van der Waals surface area contributed by atoms with Gasteiger partial charge in [-0.15, -0.1) is 22.7 Å². The Kier molecular flexibility index (Phi) is 7.57. The fourth-order valence-electron chi connectivity index (χ4n) is 3.83. The number of fused-ring (bicyclic) bond motifs is 1. The lowest BCUT2D eigenvalue weighted by atomic mass is 10.0. The highest BCUT2D eigenvalue weighted by Gasteiger charge is 2.33. The fourth-order valence-corrected chi connectivity index (χ4v) is 5.45. The fraction of sp³-hybridized carbons (Fsp3) is 0.333.